The van der Waals surface area contributed by atoms with Gasteiger partial charge in [0.1, 0.15) is 0 Å². The normalized spacial score (nSPS) is 10.1. The van der Waals surface area contributed by atoms with Crippen molar-refractivity contribution in [2.75, 3.05) is 6.54 Å². The van der Waals surface area contributed by atoms with Crippen LogP contribution in [0.4, 0.5) is 0 Å². The molecule has 0 aliphatic carbocycles. The molecule has 1 nitrogen and oxygen atoms in total. The highest BCUT2D eigenvalue weighted by Gasteiger charge is 1.96. The molecule has 1 aromatic carbocycles. The predicted molar refractivity (Wildman–Crippen MR) is 56.7 cm³/mol. The van der Waals surface area contributed by atoms with Gasteiger partial charge in [-0.15, -0.1) is 0 Å². The van der Waals surface area contributed by atoms with Crippen LogP contribution in [0.3, 0.4) is 0 Å². The summed E-state index contributed by atoms with van der Waals surface area (Å²) in [6, 6.07) is 6.46. The van der Waals surface area contributed by atoms with Crippen LogP contribution in [0.5, 0.6) is 0 Å². The van der Waals surface area contributed by atoms with Crippen LogP contribution >= 0.6 is 22.6 Å². The molecule has 0 aliphatic heterocycles. The Hall–Kier alpha value is -0.0900. The molecule has 0 saturated heterocycles. The van der Waals surface area contributed by atoms with Gasteiger partial charge in [-0.1, -0.05) is 6.07 Å². The summed E-state index contributed by atoms with van der Waals surface area (Å²) >= 11 is 2.32. The highest BCUT2D eigenvalue weighted by molar-refractivity contribution is 14.1. The smallest absolute Gasteiger partial charge is 0.0133 e. The Morgan fingerprint density at radius 3 is 2.82 bits per heavy atom. The molecule has 1 aromatic rings. The highest BCUT2D eigenvalue weighted by atomic mass is 127. The van der Waals surface area contributed by atoms with Gasteiger partial charge in [0.15, 0.2) is 0 Å². The third-order valence-corrected chi connectivity index (χ3v) is 2.40. The number of rotatable bonds is 2. The SMILES string of the molecule is Cc1ccc(I)cc1CCN. The van der Waals surface area contributed by atoms with Gasteiger partial charge < -0.3 is 5.73 Å². The summed E-state index contributed by atoms with van der Waals surface area (Å²) < 4.78 is 1.29. The van der Waals surface area contributed by atoms with Gasteiger partial charge in [-0.2, -0.15) is 0 Å². The van der Waals surface area contributed by atoms with Crippen LogP contribution in [0.2, 0.25) is 0 Å². The van der Waals surface area contributed by atoms with E-state index in [-0.39, 0.29) is 0 Å². The van der Waals surface area contributed by atoms with Crippen molar-refractivity contribution in [3.8, 4) is 0 Å². The molecule has 0 fully saturated rings. The number of hydrogen-bond acceptors (Lipinski definition) is 1. The Kier molecular flexibility index (Phi) is 3.33. The minimum atomic E-state index is 0.737. The Morgan fingerprint density at radius 2 is 2.18 bits per heavy atom. The molecule has 0 amide bonds. The first-order chi connectivity index (χ1) is 5.24. The molecule has 2 heteroatoms. The van der Waals surface area contributed by atoms with E-state index in [0.717, 1.165) is 13.0 Å². The molecule has 0 aliphatic rings. The third kappa shape index (κ3) is 2.45. The second-order valence-electron chi connectivity index (χ2n) is 2.61. The molecule has 0 spiro atoms. The molecule has 0 unspecified atom stereocenters. The maximum absolute atomic E-state index is 5.48. The predicted octanol–water partition coefficient (Wildman–Crippen LogP) is 2.10. The average molecular weight is 261 g/mol. The summed E-state index contributed by atoms with van der Waals surface area (Å²) in [5.74, 6) is 0. The molecular formula is C9H12IN. The zero-order chi connectivity index (χ0) is 8.27. The Morgan fingerprint density at radius 1 is 1.45 bits per heavy atom. The second-order valence-corrected chi connectivity index (χ2v) is 3.86. The fourth-order valence-electron chi connectivity index (χ4n) is 1.06. The number of aryl methyl sites for hydroxylation is 1. The molecule has 1 rings (SSSR count). The van der Waals surface area contributed by atoms with E-state index >= 15 is 0 Å². The minimum absolute atomic E-state index is 0.737. The highest BCUT2D eigenvalue weighted by Crippen LogP contribution is 2.12. The van der Waals surface area contributed by atoms with Crippen molar-refractivity contribution in [2.45, 2.75) is 13.3 Å². The quantitative estimate of drug-likeness (QED) is 0.810. The van der Waals surface area contributed by atoms with E-state index in [9.17, 15) is 0 Å². The monoisotopic (exact) mass is 261 g/mol. The van der Waals surface area contributed by atoms with Crippen molar-refractivity contribution in [2.24, 2.45) is 5.73 Å². The van der Waals surface area contributed by atoms with Gasteiger partial charge in [0.05, 0.1) is 0 Å². The van der Waals surface area contributed by atoms with Crippen molar-refractivity contribution in [3.63, 3.8) is 0 Å². The topological polar surface area (TPSA) is 26.0 Å². The van der Waals surface area contributed by atoms with Gasteiger partial charge in [0.25, 0.3) is 0 Å². The maximum Gasteiger partial charge on any atom is 0.0133 e. The Balaban J connectivity index is 2.93. The lowest BCUT2D eigenvalue weighted by Gasteiger charge is -2.03. The van der Waals surface area contributed by atoms with Crippen LogP contribution in [-0.4, -0.2) is 6.54 Å². The Bertz CT molecular complexity index is 245. The van der Waals surface area contributed by atoms with Crippen molar-refractivity contribution in [3.05, 3.63) is 32.9 Å². The van der Waals surface area contributed by atoms with Gasteiger partial charge in [-0.25, -0.2) is 0 Å². The van der Waals surface area contributed by atoms with Crippen molar-refractivity contribution >= 4 is 22.6 Å². The number of hydrogen-bond donors (Lipinski definition) is 1. The van der Waals surface area contributed by atoms with Crippen LogP contribution < -0.4 is 5.73 Å². The molecule has 11 heavy (non-hydrogen) atoms. The standard InChI is InChI=1S/C9H12IN/c1-7-2-3-9(10)6-8(7)4-5-11/h2-3,6H,4-5,11H2,1H3. The molecule has 0 aromatic heterocycles. The fraction of sp³-hybridized carbons (Fsp3) is 0.333. The van der Waals surface area contributed by atoms with Crippen LogP contribution in [0.1, 0.15) is 11.1 Å². The van der Waals surface area contributed by atoms with Crippen LogP contribution in [-0.2, 0) is 6.42 Å². The maximum atomic E-state index is 5.48. The first-order valence-electron chi connectivity index (χ1n) is 3.69. The van der Waals surface area contributed by atoms with E-state index in [1.807, 2.05) is 0 Å². The minimum Gasteiger partial charge on any atom is -0.330 e. The molecule has 60 valence electrons. The van der Waals surface area contributed by atoms with Gasteiger partial charge >= 0.3 is 0 Å². The lowest BCUT2D eigenvalue weighted by atomic mass is 10.1. The summed E-state index contributed by atoms with van der Waals surface area (Å²) in [5.41, 5.74) is 8.19. The van der Waals surface area contributed by atoms with E-state index in [4.69, 9.17) is 5.73 Å². The summed E-state index contributed by atoms with van der Waals surface area (Å²) in [4.78, 5) is 0. The largest absolute Gasteiger partial charge is 0.330 e. The van der Waals surface area contributed by atoms with E-state index in [1.165, 1.54) is 14.7 Å². The summed E-state index contributed by atoms with van der Waals surface area (Å²) in [7, 11) is 0. The molecule has 2 N–H and O–H groups in total. The molecule has 0 bridgehead atoms. The van der Waals surface area contributed by atoms with E-state index in [2.05, 4.69) is 47.7 Å². The first-order valence-corrected chi connectivity index (χ1v) is 4.77. The van der Waals surface area contributed by atoms with Gasteiger partial charge in [0, 0.05) is 3.57 Å². The lowest BCUT2D eigenvalue weighted by molar-refractivity contribution is 0.957. The van der Waals surface area contributed by atoms with Gasteiger partial charge in [0.2, 0.25) is 0 Å². The lowest BCUT2D eigenvalue weighted by Crippen LogP contribution is -2.04. The number of halogens is 1. The van der Waals surface area contributed by atoms with Crippen molar-refractivity contribution < 1.29 is 0 Å². The summed E-state index contributed by atoms with van der Waals surface area (Å²) in [6.45, 7) is 2.86. The molecule has 0 heterocycles. The zero-order valence-corrected chi connectivity index (χ0v) is 8.76. The Labute approximate surface area is 81.1 Å². The van der Waals surface area contributed by atoms with Crippen LogP contribution in [0, 0.1) is 10.5 Å². The summed E-state index contributed by atoms with van der Waals surface area (Å²) in [5, 5.41) is 0. The van der Waals surface area contributed by atoms with E-state index in [1.54, 1.807) is 0 Å². The molecule has 0 saturated carbocycles. The van der Waals surface area contributed by atoms with Crippen LogP contribution in [0.25, 0.3) is 0 Å². The molecule has 0 atom stereocenters. The second kappa shape index (κ2) is 4.07. The van der Waals surface area contributed by atoms with Crippen molar-refractivity contribution in [1.29, 1.82) is 0 Å². The summed E-state index contributed by atoms with van der Waals surface area (Å²) in [6.07, 6.45) is 0.989. The first kappa shape index (κ1) is 9.00. The van der Waals surface area contributed by atoms with Crippen molar-refractivity contribution in [1.82, 2.24) is 0 Å². The fourth-order valence-corrected chi connectivity index (χ4v) is 1.62. The van der Waals surface area contributed by atoms with Crippen LogP contribution in [0.15, 0.2) is 18.2 Å². The third-order valence-electron chi connectivity index (χ3n) is 1.72. The van der Waals surface area contributed by atoms with Gasteiger partial charge in [-0.3, -0.25) is 0 Å². The van der Waals surface area contributed by atoms with E-state index in [0.29, 0.717) is 0 Å². The van der Waals surface area contributed by atoms with Gasteiger partial charge in [-0.05, 0) is 65.7 Å². The molecule has 0 radical (unpaired) electrons. The molecular weight excluding hydrogens is 249 g/mol. The zero-order valence-electron chi connectivity index (χ0n) is 6.60. The number of nitrogens with two attached hydrogens (primary N) is 1. The average Bonchev–Trinajstić information content (AvgIpc) is 1.98. The van der Waals surface area contributed by atoms with E-state index < -0.39 is 0 Å². The number of benzene rings is 1.